The van der Waals surface area contributed by atoms with Gasteiger partial charge in [-0.15, -0.1) is 0 Å². The molecule has 0 aliphatic heterocycles. The van der Waals surface area contributed by atoms with Gasteiger partial charge >= 0.3 is 0 Å². The largest absolute Gasteiger partial charge is 0.321 e. The Hall–Kier alpha value is -4.33. The minimum Gasteiger partial charge on any atom is -0.321 e. The molecule has 5 aromatic rings. The van der Waals surface area contributed by atoms with E-state index in [1.54, 1.807) is 18.2 Å². The summed E-state index contributed by atoms with van der Waals surface area (Å²) in [5, 5.41) is 5.85. The molecule has 8 nitrogen and oxygen atoms in total. The van der Waals surface area contributed by atoms with Crippen LogP contribution in [0.1, 0.15) is 27.6 Å². The molecule has 0 bridgehead atoms. The smallest absolute Gasteiger partial charge is 0.274 e. The second kappa shape index (κ2) is 7.42. The standard InChI is InChI=1S/C24H20N6O2/c1-13-14(2)26-19-11-17(9-10-18(19)25-13)27-24(32)20-12-21(31)30-23(28-20)22(15(3)29-30)16-7-5-4-6-8-16/h4-12,29H,1-3H3,(H,27,32). The van der Waals surface area contributed by atoms with Crippen LogP contribution in [0.3, 0.4) is 0 Å². The number of carbonyl (C=O) groups is 1. The van der Waals surface area contributed by atoms with Gasteiger partial charge in [-0.1, -0.05) is 30.3 Å². The third-order valence-electron chi connectivity index (χ3n) is 5.43. The minimum absolute atomic E-state index is 0.0393. The number of hydrogen-bond acceptors (Lipinski definition) is 5. The highest BCUT2D eigenvalue weighted by Crippen LogP contribution is 2.26. The van der Waals surface area contributed by atoms with Gasteiger partial charge in [-0.3, -0.25) is 14.7 Å². The molecule has 0 aliphatic rings. The lowest BCUT2D eigenvalue weighted by Gasteiger charge is -2.08. The number of fused-ring (bicyclic) bond motifs is 2. The van der Waals surface area contributed by atoms with Gasteiger partial charge in [0.2, 0.25) is 0 Å². The van der Waals surface area contributed by atoms with Crippen LogP contribution < -0.4 is 10.9 Å². The third-order valence-corrected chi connectivity index (χ3v) is 5.43. The van der Waals surface area contributed by atoms with Crippen LogP contribution in [0.2, 0.25) is 0 Å². The van der Waals surface area contributed by atoms with Crippen molar-refractivity contribution in [2.45, 2.75) is 20.8 Å². The number of H-pyrrole nitrogens is 1. The Balaban J connectivity index is 1.55. The lowest BCUT2D eigenvalue weighted by molar-refractivity contribution is 0.102. The summed E-state index contributed by atoms with van der Waals surface area (Å²) in [4.78, 5) is 39.2. The number of nitrogens with one attached hydrogen (secondary N) is 2. The molecule has 3 aromatic heterocycles. The minimum atomic E-state index is -0.474. The zero-order valence-corrected chi connectivity index (χ0v) is 17.8. The first-order valence-electron chi connectivity index (χ1n) is 10.1. The van der Waals surface area contributed by atoms with Crippen LogP contribution in [-0.4, -0.2) is 30.5 Å². The van der Waals surface area contributed by atoms with Crippen molar-refractivity contribution in [2.75, 3.05) is 5.32 Å². The van der Waals surface area contributed by atoms with E-state index < -0.39 is 5.91 Å². The predicted octanol–water partition coefficient (Wildman–Crippen LogP) is 3.81. The summed E-state index contributed by atoms with van der Waals surface area (Å²) in [6, 6.07) is 16.2. The van der Waals surface area contributed by atoms with Crippen molar-refractivity contribution in [1.82, 2.24) is 24.6 Å². The Morgan fingerprint density at radius 3 is 2.38 bits per heavy atom. The lowest BCUT2D eigenvalue weighted by atomic mass is 10.1. The van der Waals surface area contributed by atoms with E-state index >= 15 is 0 Å². The van der Waals surface area contributed by atoms with Gasteiger partial charge in [0.15, 0.2) is 5.65 Å². The number of anilines is 1. The highest BCUT2D eigenvalue weighted by molar-refractivity contribution is 6.04. The summed E-state index contributed by atoms with van der Waals surface area (Å²) in [5.74, 6) is -0.474. The summed E-state index contributed by atoms with van der Waals surface area (Å²) < 4.78 is 1.35. The number of aromatic amines is 1. The van der Waals surface area contributed by atoms with Crippen molar-refractivity contribution >= 4 is 28.3 Å². The summed E-state index contributed by atoms with van der Waals surface area (Å²) in [7, 11) is 0. The Labute approximate surface area is 183 Å². The van der Waals surface area contributed by atoms with Crippen molar-refractivity contribution in [2.24, 2.45) is 0 Å². The normalized spacial score (nSPS) is 11.2. The molecule has 0 saturated carbocycles. The Kier molecular flexibility index (Phi) is 4.55. The van der Waals surface area contributed by atoms with Crippen molar-refractivity contribution in [1.29, 1.82) is 0 Å². The van der Waals surface area contributed by atoms with Crippen molar-refractivity contribution < 1.29 is 4.79 Å². The topological polar surface area (TPSA) is 105 Å². The van der Waals surface area contributed by atoms with E-state index in [4.69, 9.17) is 0 Å². The van der Waals surface area contributed by atoms with E-state index in [0.717, 1.165) is 33.7 Å². The molecule has 0 aliphatic carbocycles. The first-order chi connectivity index (χ1) is 15.4. The van der Waals surface area contributed by atoms with Crippen molar-refractivity contribution in [3.8, 4) is 11.1 Å². The second-order valence-corrected chi connectivity index (χ2v) is 7.67. The molecule has 0 fully saturated rings. The fourth-order valence-corrected chi connectivity index (χ4v) is 3.72. The SMILES string of the molecule is Cc1nc2ccc(NC(=O)c3cc(=O)n4[nH]c(C)c(-c5ccccc5)c4n3)cc2nc1C. The molecule has 32 heavy (non-hydrogen) atoms. The molecule has 158 valence electrons. The summed E-state index contributed by atoms with van der Waals surface area (Å²) in [6.45, 7) is 5.67. The van der Waals surface area contributed by atoms with E-state index in [1.807, 2.05) is 51.1 Å². The highest BCUT2D eigenvalue weighted by atomic mass is 16.2. The fourth-order valence-electron chi connectivity index (χ4n) is 3.72. The van der Waals surface area contributed by atoms with Crippen LogP contribution in [0.15, 0.2) is 59.4 Å². The second-order valence-electron chi connectivity index (χ2n) is 7.67. The maximum Gasteiger partial charge on any atom is 0.274 e. The van der Waals surface area contributed by atoms with Gasteiger partial charge in [0.1, 0.15) is 5.69 Å². The Morgan fingerprint density at radius 1 is 0.906 bits per heavy atom. The van der Waals surface area contributed by atoms with Crippen LogP contribution >= 0.6 is 0 Å². The van der Waals surface area contributed by atoms with Gasteiger partial charge in [0, 0.05) is 23.0 Å². The first kappa shape index (κ1) is 19.6. The van der Waals surface area contributed by atoms with Crippen molar-refractivity contribution in [3.05, 3.63) is 87.7 Å². The maximum absolute atomic E-state index is 13.0. The molecular weight excluding hydrogens is 404 g/mol. The number of rotatable bonds is 3. The van der Waals surface area contributed by atoms with Crippen LogP contribution in [-0.2, 0) is 0 Å². The summed E-state index contributed by atoms with van der Waals surface area (Å²) >= 11 is 0. The third kappa shape index (κ3) is 3.31. The molecule has 8 heteroatoms. The molecule has 2 aromatic carbocycles. The van der Waals surface area contributed by atoms with Gasteiger partial charge in [-0.2, -0.15) is 0 Å². The fraction of sp³-hybridized carbons (Fsp3) is 0.125. The number of benzene rings is 2. The zero-order valence-electron chi connectivity index (χ0n) is 17.8. The Bertz CT molecular complexity index is 1570. The van der Waals surface area contributed by atoms with E-state index in [2.05, 4.69) is 25.4 Å². The van der Waals surface area contributed by atoms with E-state index in [0.29, 0.717) is 16.9 Å². The molecule has 0 unspecified atom stereocenters. The van der Waals surface area contributed by atoms with E-state index in [-0.39, 0.29) is 11.3 Å². The average Bonchev–Trinajstić information content (AvgIpc) is 3.12. The molecule has 0 radical (unpaired) electrons. The first-order valence-corrected chi connectivity index (χ1v) is 10.1. The molecule has 5 rings (SSSR count). The van der Waals surface area contributed by atoms with Gasteiger partial charge in [0.25, 0.3) is 11.5 Å². The average molecular weight is 424 g/mol. The number of amides is 1. The summed E-state index contributed by atoms with van der Waals surface area (Å²) in [5.41, 5.74) is 6.24. The van der Waals surface area contributed by atoms with Gasteiger partial charge in [-0.25, -0.2) is 19.5 Å². The molecule has 0 spiro atoms. The predicted molar refractivity (Wildman–Crippen MR) is 123 cm³/mol. The molecule has 0 saturated heterocycles. The molecule has 0 atom stereocenters. The van der Waals surface area contributed by atoms with Crippen molar-refractivity contribution in [3.63, 3.8) is 0 Å². The van der Waals surface area contributed by atoms with Gasteiger partial charge < -0.3 is 5.32 Å². The maximum atomic E-state index is 13.0. The number of aromatic nitrogens is 5. The lowest BCUT2D eigenvalue weighted by Crippen LogP contribution is -2.21. The number of nitrogens with zero attached hydrogens (tertiary/aromatic N) is 4. The number of aryl methyl sites for hydroxylation is 3. The molecular formula is C24H20N6O2. The van der Waals surface area contributed by atoms with Crippen LogP contribution in [0, 0.1) is 20.8 Å². The molecule has 2 N–H and O–H groups in total. The Morgan fingerprint density at radius 2 is 1.62 bits per heavy atom. The van der Waals surface area contributed by atoms with Gasteiger partial charge in [0.05, 0.1) is 22.4 Å². The quantitative estimate of drug-likeness (QED) is 0.458. The summed E-state index contributed by atoms with van der Waals surface area (Å²) in [6.07, 6.45) is 0. The number of hydrogen-bond donors (Lipinski definition) is 2. The van der Waals surface area contributed by atoms with Crippen LogP contribution in [0.25, 0.3) is 27.8 Å². The van der Waals surface area contributed by atoms with Crippen LogP contribution in [0.4, 0.5) is 5.69 Å². The monoisotopic (exact) mass is 424 g/mol. The molecule has 1 amide bonds. The zero-order chi connectivity index (χ0) is 22.4. The van der Waals surface area contributed by atoms with Gasteiger partial charge in [-0.05, 0) is 44.5 Å². The molecule has 3 heterocycles. The van der Waals surface area contributed by atoms with Crippen LogP contribution in [0.5, 0.6) is 0 Å². The van der Waals surface area contributed by atoms with E-state index in [1.165, 1.54) is 10.6 Å². The number of carbonyl (C=O) groups excluding carboxylic acids is 1. The highest BCUT2D eigenvalue weighted by Gasteiger charge is 2.18. The van der Waals surface area contributed by atoms with E-state index in [9.17, 15) is 9.59 Å².